The zero-order chi connectivity index (χ0) is 14.5. The van der Waals surface area contributed by atoms with Gasteiger partial charge in [-0.2, -0.15) is 0 Å². The van der Waals surface area contributed by atoms with Gasteiger partial charge >= 0.3 is 0 Å². The van der Waals surface area contributed by atoms with Gasteiger partial charge in [-0.25, -0.2) is 4.39 Å². The fourth-order valence-electron chi connectivity index (χ4n) is 2.06. The highest BCUT2D eigenvalue weighted by Crippen LogP contribution is 2.36. The van der Waals surface area contributed by atoms with Crippen LogP contribution in [-0.4, -0.2) is 13.7 Å². The average Bonchev–Trinajstić information content (AvgIpc) is 2.91. The molecule has 1 aromatic carbocycles. The van der Waals surface area contributed by atoms with E-state index in [1.807, 2.05) is 17.5 Å². The molecule has 0 radical (unpaired) electrons. The quantitative estimate of drug-likeness (QED) is 0.805. The van der Waals surface area contributed by atoms with Crippen LogP contribution >= 0.6 is 27.3 Å². The highest BCUT2D eigenvalue weighted by Gasteiger charge is 2.22. The predicted molar refractivity (Wildman–Crippen MR) is 85.1 cm³/mol. The number of benzene rings is 1. The van der Waals surface area contributed by atoms with Gasteiger partial charge in [-0.1, -0.05) is 22.9 Å². The normalized spacial score (nSPS) is 12.4. The lowest BCUT2D eigenvalue weighted by molar-refractivity contribution is 0.406. The Morgan fingerprint density at radius 2 is 2.20 bits per heavy atom. The van der Waals surface area contributed by atoms with Gasteiger partial charge in [0.05, 0.1) is 18.0 Å². The number of rotatable bonds is 6. The first kappa shape index (κ1) is 15.5. The zero-order valence-corrected chi connectivity index (χ0v) is 13.9. The molecule has 0 aliphatic heterocycles. The Balaban J connectivity index is 2.44. The Labute approximate surface area is 131 Å². The smallest absolute Gasteiger partial charge is 0.134 e. The Morgan fingerprint density at radius 3 is 2.90 bits per heavy atom. The van der Waals surface area contributed by atoms with Crippen LogP contribution in [0.2, 0.25) is 0 Å². The van der Waals surface area contributed by atoms with Crippen LogP contribution in [-0.2, 0) is 0 Å². The molecule has 1 N–H and O–H groups in total. The molecule has 1 aromatic heterocycles. The van der Waals surface area contributed by atoms with Crippen molar-refractivity contribution in [2.75, 3.05) is 13.7 Å². The van der Waals surface area contributed by atoms with Crippen LogP contribution in [0.1, 0.15) is 29.8 Å². The first-order valence-electron chi connectivity index (χ1n) is 6.47. The summed E-state index contributed by atoms with van der Waals surface area (Å²) in [6.07, 6.45) is 0.986. The van der Waals surface area contributed by atoms with Crippen molar-refractivity contribution >= 4 is 27.3 Å². The van der Waals surface area contributed by atoms with Crippen molar-refractivity contribution in [2.45, 2.75) is 19.4 Å². The summed E-state index contributed by atoms with van der Waals surface area (Å²) in [6, 6.07) is 6.74. The predicted octanol–water partition coefficient (Wildman–Crippen LogP) is 4.75. The molecule has 1 unspecified atom stereocenters. The van der Waals surface area contributed by atoms with Gasteiger partial charge in [0.15, 0.2) is 0 Å². The van der Waals surface area contributed by atoms with Crippen molar-refractivity contribution in [3.8, 4) is 5.75 Å². The molecule has 2 rings (SSSR count). The fraction of sp³-hybridized carbons (Fsp3) is 0.333. The van der Waals surface area contributed by atoms with Crippen LogP contribution in [0.15, 0.2) is 34.1 Å². The molecule has 0 aliphatic rings. The van der Waals surface area contributed by atoms with Gasteiger partial charge in [0.25, 0.3) is 0 Å². The lowest BCUT2D eigenvalue weighted by Crippen LogP contribution is -2.23. The highest BCUT2D eigenvalue weighted by atomic mass is 79.9. The topological polar surface area (TPSA) is 21.3 Å². The summed E-state index contributed by atoms with van der Waals surface area (Å²) in [7, 11) is 1.64. The standard InChI is InChI=1S/C15H17BrFNOS/c1-3-7-18-14(15-13(19-2)6-8-20-15)11-9-10(16)4-5-12(11)17/h4-6,8-9,14,18H,3,7H2,1-2H3. The van der Waals surface area contributed by atoms with Crippen LogP contribution in [0, 0.1) is 5.82 Å². The molecule has 20 heavy (non-hydrogen) atoms. The Bertz CT molecular complexity index is 573. The minimum atomic E-state index is -0.211. The van der Waals surface area contributed by atoms with Gasteiger partial charge in [-0.05, 0) is 42.6 Å². The minimum Gasteiger partial charge on any atom is -0.496 e. The number of hydrogen-bond donors (Lipinski definition) is 1. The molecule has 0 saturated heterocycles. The summed E-state index contributed by atoms with van der Waals surface area (Å²) < 4.78 is 20.4. The van der Waals surface area contributed by atoms with Crippen molar-refractivity contribution in [3.63, 3.8) is 0 Å². The SMILES string of the molecule is CCCNC(c1cc(Br)ccc1F)c1sccc1OC. The second-order valence-corrected chi connectivity index (χ2v) is 6.27. The van der Waals surface area contributed by atoms with Crippen LogP contribution in [0.3, 0.4) is 0 Å². The third-order valence-corrected chi connectivity index (χ3v) is 4.46. The van der Waals surface area contributed by atoms with E-state index in [-0.39, 0.29) is 11.9 Å². The van der Waals surface area contributed by atoms with Crippen molar-refractivity contribution in [1.29, 1.82) is 0 Å². The zero-order valence-electron chi connectivity index (χ0n) is 11.5. The molecular weight excluding hydrogens is 341 g/mol. The summed E-state index contributed by atoms with van der Waals surface area (Å²) >= 11 is 4.98. The molecule has 108 valence electrons. The molecule has 0 fully saturated rings. The lowest BCUT2D eigenvalue weighted by Gasteiger charge is -2.20. The molecule has 5 heteroatoms. The van der Waals surface area contributed by atoms with E-state index in [2.05, 4.69) is 28.2 Å². The molecule has 2 nitrogen and oxygen atoms in total. The lowest BCUT2D eigenvalue weighted by atomic mass is 10.0. The molecule has 0 saturated carbocycles. The molecule has 0 spiro atoms. The van der Waals surface area contributed by atoms with E-state index in [0.717, 1.165) is 28.1 Å². The molecule has 0 aliphatic carbocycles. The minimum absolute atomic E-state index is 0.192. The van der Waals surface area contributed by atoms with Gasteiger partial charge in [0, 0.05) is 10.0 Å². The molecule has 0 amide bonds. The number of methoxy groups -OCH3 is 1. The van der Waals surface area contributed by atoms with Crippen molar-refractivity contribution in [3.05, 3.63) is 50.4 Å². The first-order valence-corrected chi connectivity index (χ1v) is 8.14. The maximum Gasteiger partial charge on any atom is 0.134 e. The number of halogens is 2. The molecule has 1 atom stereocenters. The largest absolute Gasteiger partial charge is 0.496 e. The number of nitrogens with one attached hydrogen (secondary N) is 1. The molecule has 2 aromatic rings. The number of hydrogen-bond acceptors (Lipinski definition) is 3. The van der Waals surface area contributed by atoms with E-state index < -0.39 is 0 Å². The Morgan fingerprint density at radius 1 is 1.40 bits per heavy atom. The second-order valence-electron chi connectivity index (χ2n) is 4.41. The average molecular weight is 358 g/mol. The van der Waals surface area contributed by atoms with Gasteiger partial charge in [-0.15, -0.1) is 11.3 Å². The number of thiophene rings is 1. The fourth-order valence-corrected chi connectivity index (χ4v) is 3.39. The summed E-state index contributed by atoms with van der Waals surface area (Å²) in [6.45, 7) is 2.91. The third kappa shape index (κ3) is 3.40. The van der Waals surface area contributed by atoms with Gasteiger partial charge in [-0.3, -0.25) is 0 Å². The van der Waals surface area contributed by atoms with Crippen molar-refractivity contribution < 1.29 is 9.13 Å². The molecular formula is C15H17BrFNOS. The van der Waals surface area contributed by atoms with E-state index in [1.54, 1.807) is 24.5 Å². The summed E-state index contributed by atoms with van der Waals surface area (Å²) in [5.41, 5.74) is 0.633. The van der Waals surface area contributed by atoms with E-state index in [1.165, 1.54) is 6.07 Å². The van der Waals surface area contributed by atoms with Crippen LogP contribution in [0.5, 0.6) is 5.75 Å². The monoisotopic (exact) mass is 357 g/mol. The van der Waals surface area contributed by atoms with E-state index >= 15 is 0 Å². The molecule has 1 heterocycles. The maximum atomic E-state index is 14.2. The highest BCUT2D eigenvalue weighted by molar-refractivity contribution is 9.10. The maximum absolute atomic E-state index is 14.2. The van der Waals surface area contributed by atoms with Gasteiger partial charge < -0.3 is 10.1 Å². The first-order chi connectivity index (χ1) is 9.67. The van der Waals surface area contributed by atoms with Crippen LogP contribution < -0.4 is 10.1 Å². The Hall–Kier alpha value is -0.910. The summed E-state index contributed by atoms with van der Waals surface area (Å²) in [5, 5.41) is 5.36. The summed E-state index contributed by atoms with van der Waals surface area (Å²) in [4.78, 5) is 0.998. The second kappa shape index (κ2) is 7.20. The third-order valence-electron chi connectivity index (χ3n) is 3.01. The van der Waals surface area contributed by atoms with E-state index in [4.69, 9.17) is 4.74 Å². The van der Waals surface area contributed by atoms with E-state index in [0.29, 0.717) is 5.56 Å². The summed E-state index contributed by atoms with van der Waals surface area (Å²) in [5.74, 6) is 0.584. The van der Waals surface area contributed by atoms with Crippen molar-refractivity contribution in [1.82, 2.24) is 5.32 Å². The van der Waals surface area contributed by atoms with Gasteiger partial charge in [0.2, 0.25) is 0 Å². The Kier molecular flexibility index (Phi) is 5.57. The molecule has 0 bridgehead atoms. The van der Waals surface area contributed by atoms with Gasteiger partial charge in [0.1, 0.15) is 11.6 Å². The van der Waals surface area contributed by atoms with Crippen LogP contribution in [0.4, 0.5) is 4.39 Å². The van der Waals surface area contributed by atoms with Crippen LogP contribution in [0.25, 0.3) is 0 Å². The van der Waals surface area contributed by atoms with E-state index in [9.17, 15) is 4.39 Å². The number of ether oxygens (including phenoxy) is 1. The van der Waals surface area contributed by atoms with Crippen molar-refractivity contribution in [2.24, 2.45) is 0 Å².